The van der Waals surface area contributed by atoms with Crippen molar-refractivity contribution >= 4 is 5.97 Å². The molecule has 1 heterocycles. The van der Waals surface area contributed by atoms with Gasteiger partial charge >= 0.3 is 5.97 Å². The van der Waals surface area contributed by atoms with Crippen LogP contribution in [0.4, 0.5) is 0 Å². The summed E-state index contributed by atoms with van der Waals surface area (Å²) in [5.41, 5.74) is -0.712. The summed E-state index contributed by atoms with van der Waals surface area (Å²) in [4.78, 5) is 12.5. The summed E-state index contributed by atoms with van der Waals surface area (Å²) < 4.78 is 0. The number of aliphatic hydroxyl groups excluding tert-OH is 2. The van der Waals surface area contributed by atoms with Gasteiger partial charge in [-0.1, -0.05) is 12.8 Å². The maximum Gasteiger partial charge on any atom is 0.321 e. The first kappa shape index (κ1) is 12.8. The third-order valence-corrected chi connectivity index (χ3v) is 3.61. The number of hydrogen-bond acceptors (Lipinski definition) is 5. The van der Waals surface area contributed by atoms with Crippen LogP contribution in [0.5, 0.6) is 0 Å². The molecule has 6 heteroatoms. The summed E-state index contributed by atoms with van der Waals surface area (Å²) in [5, 5.41) is 31.9. The van der Waals surface area contributed by atoms with Crippen molar-refractivity contribution in [3.8, 4) is 0 Å². The van der Waals surface area contributed by atoms with Gasteiger partial charge < -0.3 is 15.3 Å². The second-order valence-corrected chi connectivity index (χ2v) is 5.59. The number of nitrogens with one attached hydrogen (secondary N) is 1. The van der Waals surface area contributed by atoms with E-state index in [1.165, 1.54) is 4.90 Å². The number of carbonyl (C=O) groups is 1. The lowest BCUT2D eigenvalue weighted by atomic mass is 10.0. The zero-order chi connectivity index (χ0) is 12.8. The van der Waals surface area contributed by atoms with E-state index < -0.39 is 30.1 Å². The van der Waals surface area contributed by atoms with Crippen LogP contribution >= 0.6 is 0 Å². The van der Waals surface area contributed by atoms with Gasteiger partial charge in [-0.05, 0) is 26.2 Å². The highest BCUT2D eigenvalue weighted by atomic mass is 16.4. The topological polar surface area (TPSA) is 93.0 Å². The standard InChI is InChI=1S/C11H20N2O4/c1-11(2)9(16)13(10(17)12-11)7(8(14)15)5-6-3-4-6/h6-7,9-10,12,16-17H,3-5H2,1-2H3,(H,14,15). The summed E-state index contributed by atoms with van der Waals surface area (Å²) in [6, 6.07) is -0.832. The van der Waals surface area contributed by atoms with Gasteiger partial charge in [0, 0.05) is 0 Å². The first-order chi connectivity index (χ1) is 7.83. The number of carboxylic acids is 1. The molecule has 3 unspecified atom stereocenters. The predicted octanol–water partition coefficient (Wildman–Crippen LogP) is -0.482. The summed E-state index contributed by atoms with van der Waals surface area (Å²) in [6.45, 7) is 3.47. The van der Waals surface area contributed by atoms with Crippen molar-refractivity contribution in [2.75, 3.05) is 0 Å². The van der Waals surface area contributed by atoms with Crippen LogP contribution in [0.3, 0.4) is 0 Å². The maximum absolute atomic E-state index is 11.3. The molecule has 4 N–H and O–H groups in total. The van der Waals surface area contributed by atoms with Crippen molar-refractivity contribution in [1.29, 1.82) is 0 Å². The maximum atomic E-state index is 11.3. The number of rotatable bonds is 4. The molecule has 2 aliphatic rings. The molecule has 2 fully saturated rings. The second-order valence-electron chi connectivity index (χ2n) is 5.59. The van der Waals surface area contributed by atoms with Crippen LogP contribution in [-0.2, 0) is 4.79 Å². The van der Waals surface area contributed by atoms with E-state index >= 15 is 0 Å². The lowest BCUT2D eigenvalue weighted by molar-refractivity contribution is -0.157. The Balaban J connectivity index is 2.14. The number of hydrogen-bond donors (Lipinski definition) is 4. The van der Waals surface area contributed by atoms with Crippen LogP contribution in [0, 0.1) is 5.92 Å². The van der Waals surface area contributed by atoms with Gasteiger partial charge in [-0.25, -0.2) is 4.90 Å². The number of aliphatic carboxylic acids is 1. The summed E-state index contributed by atoms with van der Waals surface area (Å²) >= 11 is 0. The monoisotopic (exact) mass is 244 g/mol. The minimum Gasteiger partial charge on any atom is -0.480 e. The fourth-order valence-corrected chi connectivity index (χ4v) is 2.35. The van der Waals surface area contributed by atoms with Crippen molar-refractivity contribution < 1.29 is 20.1 Å². The molecule has 98 valence electrons. The van der Waals surface area contributed by atoms with Crippen LogP contribution in [0.15, 0.2) is 0 Å². The first-order valence-corrected chi connectivity index (χ1v) is 5.97. The Morgan fingerprint density at radius 2 is 2.06 bits per heavy atom. The normalized spacial score (nSPS) is 34.8. The first-order valence-electron chi connectivity index (χ1n) is 5.97. The van der Waals surface area contributed by atoms with Crippen molar-refractivity contribution in [1.82, 2.24) is 10.2 Å². The molecule has 1 saturated heterocycles. The number of nitrogens with zero attached hydrogens (tertiary/aromatic N) is 1. The largest absolute Gasteiger partial charge is 0.480 e. The summed E-state index contributed by atoms with van der Waals surface area (Å²) in [7, 11) is 0. The minimum absolute atomic E-state index is 0.416. The van der Waals surface area contributed by atoms with Crippen molar-refractivity contribution in [2.24, 2.45) is 5.92 Å². The van der Waals surface area contributed by atoms with E-state index in [0.29, 0.717) is 12.3 Å². The van der Waals surface area contributed by atoms with E-state index in [-0.39, 0.29) is 0 Å². The Kier molecular flexibility index (Phi) is 3.15. The van der Waals surface area contributed by atoms with Crippen molar-refractivity contribution in [3.05, 3.63) is 0 Å². The quantitative estimate of drug-likeness (QED) is 0.533. The smallest absolute Gasteiger partial charge is 0.321 e. The van der Waals surface area contributed by atoms with Gasteiger partial charge in [-0.3, -0.25) is 10.1 Å². The molecule has 6 nitrogen and oxygen atoms in total. The molecule has 0 amide bonds. The van der Waals surface area contributed by atoms with Gasteiger partial charge in [0.05, 0.1) is 5.54 Å². The van der Waals surface area contributed by atoms with Crippen LogP contribution in [0.1, 0.15) is 33.1 Å². The highest BCUT2D eigenvalue weighted by Crippen LogP contribution is 2.37. The molecule has 0 aromatic heterocycles. The van der Waals surface area contributed by atoms with E-state index in [1.807, 2.05) is 0 Å². The molecule has 1 aliphatic carbocycles. The van der Waals surface area contributed by atoms with Gasteiger partial charge in [0.1, 0.15) is 12.3 Å². The zero-order valence-corrected chi connectivity index (χ0v) is 10.1. The number of carboxylic acid groups (broad SMARTS) is 1. The zero-order valence-electron chi connectivity index (χ0n) is 10.1. The molecule has 2 rings (SSSR count). The molecule has 3 atom stereocenters. The molecule has 1 saturated carbocycles. The Morgan fingerprint density at radius 1 is 1.47 bits per heavy atom. The molecule has 17 heavy (non-hydrogen) atoms. The fraction of sp³-hybridized carbons (Fsp3) is 0.909. The number of aliphatic hydroxyl groups is 2. The third-order valence-electron chi connectivity index (χ3n) is 3.61. The molecule has 0 aromatic rings. The van der Waals surface area contributed by atoms with Crippen LogP contribution in [0.25, 0.3) is 0 Å². The predicted molar refractivity (Wildman–Crippen MR) is 59.8 cm³/mol. The summed E-state index contributed by atoms with van der Waals surface area (Å²) in [6.07, 6.45) is 0.458. The Hall–Kier alpha value is -0.690. The minimum atomic E-state index is -1.11. The Bertz CT molecular complexity index is 317. The fourth-order valence-electron chi connectivity index (χ4n) is 2.35. The van der Waals surface area contributed by atoms with Gasteiger partial charge in [0.25, 0.3) is 0 Å². The van der Waals surface area contributed by atoms with E-state index in [2.05, 4.69) is 5.32 Å². The summed E-state index contributed by atoms with van der Waals surface area (Å²) in [5.74, 6) is -0.575. The SMILES string of the molecule is CC1(C)NC(O)N(C(CC2CC2)C(=O)O)C1O. The van der Waals surface area contributed by atoms with Crippen LogP contribution in [-0.4, -0.2) is 50.3 Å². The molecule has 0 radical (unpaired) electrons. The van der Waals surface area contributed by atoms with Gasteiger partial charge in [0.15, 0.2) is 6.35 Å². The molecule has 0 aromatic carbocycles. The molecule has 0 spiro atoms. The molecule has 1 aliphatic heterocycles. The third kappa shape index (κ3) is 2.44. The van der Waals surface area contributed by atoms with Gasteiger partial charge in [0.2, 0.25) is 0 Å². The van der Waals surface area contributed by atoms with Gasteiger partial charge in [-0.2, -0.15) is 0 Å². The molecule has 0 bridgehead atoms. The van der Waals surface area contributed by atoms with Crippen LogP contribution < -0.4 is 5.32 Å². The van der Waals surface area contributed by atoms with E-state index in [4.69, 9.17) is 0 Å². The van der Waals surface area contributed by atoms with Gasteiger partial charge in [-0.15, -0.1) is 0 Å². The van der Waals surface area contributed by atoms with Crippen molar-refractivity contribution in [3.63, 3.8) is 0 Å². The van der Waals surface area contributed by atoms with E-state index in [0.717, 1.165) is 12.8 Å². The van der Waals surface area contributed by atoms with E-state index in [9.17, 15) is 20.1 Å². The average Bonchev–Trinajstić information content (AvgIpc) is 2.95. The van der Waals surface area contributed by atoms with Crippen molar-refractivity contribution in [2.45, 2.75) is 57.3 Å². The lowest BCUT2D eigenvalue weighted by Crippen LogP contribution is -2.51. The Labute approximate surface area is 100 Å². The van der Waals surface area contributed by atoms with E-state index in [1.54, 1.807) is 13.8 Å². The highest BCUT2D eigenvalue weighted by Gasteiger charge is 2.50. The highest BCUT2D eigenvalue weighted by molar-refractivity contribution is 5.73. The Morgan fingerprint density at radius 3 is 2.41 bits per heavy atom. The lowest BCUT2D eigenvalue weighted by Gasteiger charge is -2.31. The molecular formula is C11H20N2O4. The second kappa shape index (κ2) is 4.20. The molecular weight excluding hydrogens is 224 g/mol. The van der Waals surface area contributed by atoms with Crippen LogP contribution in [0.2, 0.25) is 0 Å². The average molecular weight is 244 g/mol.